The zero-order chi connectivity index (χ0) is 9.26. The highest BCUT2D eigenvalue weighted by molar-refractivity contribution is 5.78. The van der Waals surface area contributed by atoms with E-state index in [2.05, 4.69) is 35.1 Å². The average Bonchev–Trinajstić information content (AvgIpc) is 2.59. The van der Waals surface area contributed by atoms with E-state index in [1.807, 2.05) is 6.20 Å². The molecule has 1 N–H and O–H groups in total. The Balaban J connectivity index is 2.64. The van der Waals surface area contributed by atoms with Gasteiger partial charge in [-0.15, -0.1) is 0 Å². The average molecular weight is 175 g/mol. The second kappa shape index (κ2) is 3.17. The molecule has 0 aliphatic carbocycles. The van der Waals surface area contributed by atoms with E-state index in [-0.39, 0.29) is 0 Å². The van der Waals surface area contributed by atoms with Crippen molar-refractivity contribution in [1.82, 2.24) is 15.2 Å². The lowest BCUT2D eigenvalue weighted by Crippen LogP contribution is -1.84. The van der Waals surface area contributed by atoms with Crippen molar-refractivity contribution in [2.75, 3.05) is 0 Å². The van der Waals surface area contributed by atoms with Gasteiger partial charge in [-0.3, -0.25) is 5.10 Å². The molecule has 13 heavy (non-hydrogen) atoms. The summed E-state index contributed by atoms with van der Waals surface area (Å²) in [6, 6.07) is 2.17. The predicted molar refractivity (Wildman–Crippen MR) is 52.6 cm³/mol. The minimum absolute atomic E-state index is 0.828. The first-order valence-electron chi connectivity index (χ1n) is 4.67. The zero-order valence-corrected chi connectivity index (χ0v) is 7.96. The number of hydrogen-bond donors (Lipinski definition) is 1. The van der Waals surface area contributed by atoms with Crippen LogP contribution in [0.1, 0.15) is 25.1 Å². The minimum atomic E-state index is 0.828. The summed E-state index contributed by atoms with van der Waals surface area (Å²) in [5, 5.41) is 8.30. The summed E-state index contributed by atoms with van der Waals surface area (Å²) in [5.74, 6) is 0. The Morgan fingerprint density at radius 2 is 2.15 bits per heavy atom. The first-order valence-corrected chi connectivity index (χ1v) is 4.67. The van der Waals surface area contributed by atoms with Gasteiger partial charge in [0.05, 0.1) is 0 Å². The molecular formula is C10H13N3. The van der Waals surface area contributed by atoms with Crippen molar-refractivity contribution in [3.05, 3.63) is 23.5 Å². The van der Waals surface area contributed by atoms with Crippen molar-refractivity contribution in [3.63, 3.8) is 0 Å². The van der Waals surface area contributed by atoms with Gasteiger partial charge in [0, 0.05) is 17.3 Å². The number of nitrogens with zero attached hydrogens (tertiary/aromatic N) is 2. The van der Waals surface area contributed by atoms with Crippen molar-refractivity contribution in [2.45, 2.75) is 26.7 Å². The van der Waals surface area contributed by atoms with E-state index in [4.69, 9.17) is 0 Å². The zero-order valence-electron chi connectivity index (χ0n) is 7.96. The molecule has 2 aromatic heterocycles. The van der Waals surface area contributed by atoms with Crippen LogP contribution in [0.3, 0.4) is 0 Å². The highest BCUT2D eigenvalue weighted by Gasteiger charge is 2.04. The second-order valence-electron chi connectivity index (χ2n) is 3.12. The predicted octanol–water partition coefficient (Wildman–Crippen LogP) is 2.08. The van der Waals surface area contributed by atoms with Crippen LogP contribution >= 0.6 is 0 Å². The normalized spacial score (nSPS) is 10.9. The Hall–Kier alpha value is -1.38. The molecule has 68 valence electrons. The van der Waals surface area contributed by atoms with E-state index in [0.29, 0.717) is 0 Å². The summed E-state index contributed by atoms with van der Waals surface area (Å²) in [6.45, 7) is 4.25. The van der Waals surface area contributed by atoms with Crippen molar-refractivity contribution >= 4 is 11.0 Å². The first-order chi connectivity index (χ1) is 6.35. The van der Waals surface area contributed by atoms with Gasteiger partial charge < -0.3 is 0 Å². The van der Waals surface area contributed by atoms with Gasteiger partial charge in [-0.2, -0.15) is 5.10 Å². The molecule has 0 saturated carbocycles. The lowest BCUT2D eigenvalue weighted by Gasteiger charge is -1.95. The lowest BCUT2D eigenvalue weighted by atomic mass is 10.1. The van der Waals surface area contributed by atoms with Gasteiger partial charge in [-0.1, -0.05) is 13.8 Å². The third-order valence-electron chi connectivity index (χ3n) is 2.31. The molecule has 0 fully saturated rings. The second-order valence-corrected chi connectivity index (χ2v) is 3.12. The maximum atomic E-state index is 4.28. The summed E-state index contributed by atoms with van der Waals surface area (Å²) < 4.78 is 0. The number of hydrogen-bond acceptors (Lipinski definition) is 2. The summed E-state index contributed by atoms with van der Waals surface area (Å²) in [6.07, 6.45) is 3.89. The van der Waals surface area contributed by atoms with Gasteiger partial charge in [0.1, 0.15) is 0 Å². The van der Waals surface area contributed by atoms with Crippen LogP contribution in [-0.4, -0.2) is 15.2 Å². The van der Waals surface area contributed by atoms with Crippen LogP contribution in [0.15, 0.2) is 12.3 Å². The Bertz CT molecular complexity index is 417. The number of rotatable bonds is 2. The highest BCUT2D eigenvalue weighted by Crippen LogP contribution is 2.15. The summed E-state index contributed by atoms with van der Waals surface area (Å²) in [7, 11) is 0. The van der Waals surface area contributed by atoms with Crippen LogP contribution in [0, 0.1) is 0 Å². The van der Waals surface area contributed by atoms with Gasteiger partial charge in [0.15, 0.2) is 5.65 Å². The molecule has 3 heteroatoms. The van der Waals surface area contributed by atoms with Crippen LogP contribution < -0.4 is 0 Å². The molecule has 0 aliphatic rings. The van der Waals surface area contributed by atoms with Crippen LogP contribution in [0.2, 0.25) is 0 Å². The van der Waals surface area contributed by atoms with Crippen molar-refractivity contribution < 1.29 is 0 Å². The summed E-state index contributed by atoms with van der Waals surface area (Å²) >= 11 is 0. The van der Waals surface area contributed by atoms with E-state index < -0.39 is 0 Å². The Kier molecular flexibility index (Phi) is 2.00. The van der Waals surface area contributed by atoms with E-state index in [0.717, 1.165) is 18.5 Å². The molecule has 2 rings (SSSR count). The minimum Gasteiger partial charge on any atom is -0.280 e. The van der Waals surface area contributed by atoms with E-state index in [1.54, 1.807) is 0 Å². The topological polar surface area (TPSA) is 41.6 Å². The molecule has 0 unspecified atom stereocenters. The first kappa shape index (κ1) is 8.23. The molecular weight excluding hydrogens is 162 g/mol. The third-order valence-corrected chi connectivity index (χ3v) is 2.31. The maximum Gasteiger partial charge on any atom is 0.181 e. The van der Waals surface area contributed by atoms with E-state index >= 15 is 0 Å². The van der Waals surface area contributed by atoms with Crippen molar-refractivity contribution in [3.8, 4) is 0 Å². The molecule has 0 radical (unpaired) electrons. The summed E-state index contributed by atoms with van der Waals surface area (Å²) in [4.78, 5) is 4.28. The lowest BCUT2D eigenvalue weighted by molar-refractivity contribution is 0.983. The fourth-order valence-electron chi connectivity index (χ4n) is 1.46. The number of aromatic nitrogens is 3. The van der Waals surface area contributed by atoms with E-state index in [1.165, 1.54) is 16.6 Å². The Labute approximate surface area is 77.2 Å². The van der Waals surface area contributed by atoms with Gasteiger partial charge in [0.2, 0.25) is 0 Å². The van der Waals surface area contributed by atoms with Crippen LogP contribution in [0.5, 0.6) is 0 Å². The number of H-pyrrole nitrogens is 1. The number of fused-ring (bicyclic) bond motifs is 1. The molecule has 3 nitrogen and oxygen atoms in total. The monoisotopic (exact) mass is 175 g/mol. The standard InChI is InChI=1S/C10H13N3/c1-3-7-5-8-9(4-2)12-13-10(8)11-6-7/h5-6H,3-4H2,1-2H3,(H,11,12,13). The number of aryl methyl sites for hydroxylation is 2. The molecule has 0 aromatic carbocycles. The molecule has 0 saturated heterocycles. The smallest absolute Gasteiger partial charge is 0.181 e. The Morgan fingerprint density at radius 3 is 2.85 bits per heavy atom. The molecule has 2 heterocycles. The molecule has 0 aliphatic heterocycles. The van der Waals surface area contributed by atoms with Crippen LogP contribution in [0.4, 0.5) is 0 Å². The van der Waals surface area contributed by atoms with Gasteiger partial charge in [0.25, 0.3) is 0 Å². The van der Waals surface area contributed by atoms with Crippen molar-refractivity contribution in [2.24, 2.45) is 0 Å². The molecule has 0 amide bonds. The maximum absolute atomic E-state index is 4.28. The number of pyridine rings is 1. The molecule has 2 aromatic rings. The van der Waals surface area contributed by atoms with Gasteiger partial charge in [-0.05, 0) is 24.5 Å². The van der Waals surface area contributed by atoms with Gasteiger partial charge >= 0.3 is 0 Å². The number of aromatic amines is 1. The van der Waals surface area contributed by atoms with Crippen LogP contribution in [0.25, 0.3) is 11.0 Å². The van der Waals surface area contributed by atoms with Crippen molar-refractivity contribution in [1.29, 1.82) is 0 Å². The van der Waals surface area contributed by atoms with E-state index in [9.17, 15) is 0 Å². The molecule has 0 atom stereocenters. The number of nitrogens with one attached hydrogen (secondary N) is 1. The fraction of sp³-hybridized carbons (Fsp3) is 0.400. The quantitative estimate of drug-likeness (QED) is 0.759. The summed E-state index contributed by atoms with van der Waals surface area (Å²) in [5.41, 5.74) is 3.27. The third kappa shape index (κ3) is 1.30. The largest absolute Gasteiger partial charge is 0.280 e. The fourth-order valence-corrected chi connectivity index (χ4v) is 1.46. The van der Waals surface area contributed by atoms with Gasteiger partial charge in [-0.25, -0.2) is 4.98 Å². The van der Waals surface area contributed by atoms with Crippen LogP contribution in [-0.2, 0) is 12.8 Å². The Morgan fingerprint density at radius 1 is 1.31 bits per heavy atom. The molecule has 0 bridgehead atoms. The molecule has 0 spiro atoms. The highest BCUT2D eigenvalue weighted by atomic mass is 15.1. The SMILES string of the molecule is CCc1cnc2n[nH]c(CC)c2c1.